The topological polar surface area (TPSA) is 3.24 Å². The summed E-state index contributed by atoms with van der Waals surface area (Å²) < 4.78 is 0. The standard InChI is InChI=1S/C68H43N/c1-6-20-44(21-7-1)60-43-61(45-22-8-2-9-23-45)67-53-31-17-16-30-51(53)62-42-47(36-37-58(62)68(67)64(60)46-24-10-3-11-25-46)50-38-39-56-55-34-19-35-59-63(41-40-57(66(55)59)54-33-18-32-52(50)65(54)56)69(48-26-12-4-13-27-48)49-28-14-5-15-29-49/h1-43H. The van der Waals surface area contributed by atoms with Crippen molar-refractivity contribution in [1.82, 2.24) is 0 Å². The summed E-state index contributed by atoms with van der Waals surface area (Å²) in [6.45, 7) is 0. The Morgan fingerprint density at radius 1 is 0.203 bits per heavy atom. The van der Waals surface area contributed by atoms with Crippen LogP contribution in [-0.4, -0.2) is 0 Å². The van der Waals surface area contributed by atoms with Gasteiger partial charge in [-0.05, 0) is 157 Å². The minimum Gasteiger partial charge on any atom is -0.310 e. The summed E-state index contributed by atoms with van der Waals surface area (Å²) >= 11 is 0. The van der Waals surface area contributed by atoms with Gasteiger partial charge in [-0.3, -0.25) is 0 Å². The number of fused-ring (bicyclic) bond motifs is 8. The molecule has 0 aliphatic carbocycles. The molecule has 0 aliphatic heterocycles. The lowest BCUT2D eigenvalue weighted by atomic mass is 9.81. The Labute approximate surface area is 400 Å². The maximum Gasteiger partial charge on any atom is 0.0540 e. The van der Waals surface area contributed by atoms with E-state index in [4.69, 9.17) is 0 Å². The van der Waals surface area contributed by atoms with Gasteiger partial charge in [0.15, 0.2) is 0 Å². The first-order valence-electron chi connectivity index (χ1n) is 23.9. The highest BCUT2D eigenvalue weighted by atomic mass is 15.1. The molecule has 0 aliphatic rings. The molecule has 0 heterocycles. The van der Waals surface area contributed by atoms with Gasteiger partial charge >= 0.3 is 0 Å². The molecule has 0 unspecified atom stereocenters. The second-order valence-corrected chi connectivity index (χ2v) is 18.3. The van der Waals surface area contributed by atoms with E-state index < -0.39 is 0 Å². The van der Waals surface area contributed by atoms with E-state index in [0.717, 1.165) is 11.4 Å². The Morgan fingerprint density at radius 3 is 1.28 bits per heavy atom. The molecule has 0 aromatic heterocycles. The largest absolute Gasteiger partial charge is 0.310 e. The van der Waals surface area contributed by atoms with Crippen LogP contribution < -0.4 is 4.90 Å². The van der Waals surface area contributed by atoms with Gasteiger partial charge in [0.1, 0.15) is 0 Å². The molecule has 0 atom stereocenters. The van der Waals surface area contributed by atoms with Crippen molar-refractivity contribution in [3.8, 4) is 44.5 Å². The van der Waals surface area contributed by atoms with Gasteiger partial charge < -0.3 is 4.90 Å². The Balaban J connectivity index is 1.04. The molecular formula is C68H43N. The van der Waals surface area contributed by atoms with Crippen molar-refractivity contribution in [2.75, 3.05) is 4.90 Å². The van der Waals surface area contributed by atoms with Crippen LogP contribution in [0.4, 0.5) is 17.1 Å². The summed E-state index contributed by atoms with van der Waals surface area (Å²) in [7, 11) is 0. The van der Waals surface area contributed by atoms with Crippen LogP contribution in [0.5, 0.6) is 0 Å². The fourth-order valence-corrected chi connectivity index (χ4v) is 11.6. The lowest BCUT2D eigenvalue weighted by Gasteiger charge is -2.28. The van der Waals surface area contributed by atoms with Gasteiger partial charge in [-0.25, -0.2) is 0 Å². The first-order valence-corrected chi connectivity index (χ1v) is 23.9. The van der Waals surface area contributed by atoms with Gasteiger partial charge in [0.05, 0.1) is 5.69 Å². The summed E-state index contributed by atoms with van der Waals surface area (Å²) in [5, 5.41) is 17.8. The number of para-hydroxylation sites is 2. The highest BCUT2D eigenvalue weighted by Crippen LogP contribution is 2.51. The number of hydrogen-bond acceptors (Lipinski definition) is 1. The lowest BCUT2D eigenvalue weighted by molar-refractivity contribution is 1.30. The second-order valence-electron chi connectivity index (χ2n) is 18.3. The fourth-order valence-electron chi connectivity index (χ4n) is 11.6. The van der Waals surface area contributed by atoms with Crippen LogP contribution in [0.3, 0.4) is 0 Å². The third-order valence-electron chi connectivity index (χ3n) is 14.6. The smallest absolute Gasteiger partial charge is 0.0540 e. The van der Waals surface area contributed by atoms with E-state index in [0.29, 0.717) is 0 Å². The van der Waals surface area contributed by atoms with Crippen molar-refractivity contribution in [2.24, 2.45) is 0 Å². The Hall–Kier alpha value is -9.04. The highest BCUT2D eigenvalue weighted by molar-refractivity contribution is 6.36. The Bertz CT molecular complexity index is 4200. The molecule has 320 valence electrons. The average Bonchev–Trinajstić information content (AvgIpc) is 3.43. The number of hydrogen-bond donors (Lipinski definition) is 0. The van der Waals surface area contributed by atoms with Crippen LogP contribution in [0.2, 0.25) is 0 Å². The van der Waals surface area contributed by atoms with E-state index >= 15 is 0 Å². The maximum absolute atomic E-state index is 2.47. The number of anilines is 3. The minimum absolute atomic E-state index is 1.13. The van der Waals surface area contributed by atoms with E-state index in [1.807, 2.05) is 0 Å². The van der Waals surface area contributed by atoms with Crippen LogP contribution >= 0.6 is 0 Å². The lowest BCUT2D eigenvalue weighted by Crippen LogP contribution is -2.10. The van der Waals surface area contributed by atoms with Gasteiger partial charge in [-0.15, -0.1) is 0 Å². The summed E-state index contributed by atoms with van der Waals surface area (Å²) in [6, 6.07) is 96.3. The summed E-state index contributed by atoms with van der Waals surface area (Å²) in [6.07, 6.45) is 0. The van der Waals surface area contributed by atoms with Crippen LogP contribution in [-0.2, 0) is 0 Å². The molecule has 0 amide bonds. The van der Waals surface area contributed by atoms with Crippen molar-refractivity contribution in [3.05, 3.63) is 261 Å². The van der Waals surface area contributed by atoms with Crippen LogP contribution in [0, 0.1) is 0 Å². The molecule has 0 spiro atoms. The monoisotopic (exact) mass is 873 g/mol. The molecule has 1 heteroatoms. The van der Waals surface area contributed by atoms with Crippen molar-refractivity contribution in [2.45, 2.75) is 0 Å². The highest BCUT2D eigenvalue weighted by Gasteiger charge is 2.24. The summed E-state index contributed by atoms with van der Waals surface area (Å²) in [5.74, 6) is 0. The number of rotatable bonds is 7. The van der Waals surface area contributed by atoms with Gasteiger partial charge in [-0.1, -0.05) is 218 Å². The van der Waals surface area contributed by atoms with Crippen LogP contribution in [0.1, 0.15) is 0 Å². The van der Waals surface area contributed by atoms with Gasteiger partial charge in [-0.2, -0.15) is 0 Å². The third-order valence-corrected chi connectivity index (χ3v) is 14.6. The van der Waals surface area contributed by atoms with Crippen molar-refractivity contribution in [3.63, 3.8) is 0 Å². The van der Waals surface area contributed by atoms with Crippen LogP contribution in [0.15, 0.2) is 261 Å². The number of benzene rings is 14. The van der Waals surface area contributed by atoms with Crippen molar-refractivity contribution < 1.29 is 0 Å². The molecule has 69 heavy (non-hydrogen) atoms. The van der Waals surface area contributed by atoms with E-state index in [-0.39, 0.29) is 0 Å². The fraction of sp³-hybridized carbons (Fsp3) is 0. The Morgan fingerprint density at radius 2 is 0.638 bits per heavy atom. The molecule has 0 bridgehead atoms. The molecule has 0 N–H and O–H groups in total. The predicted molar refractivity (Wildman–Crippen MR) is 297 cm³/mol. The van der Waals surface area contributed by atoms with Gasteiger partial charge in [0.2, 0.25) is 0 Å². The van der Waals surface area contributed by atoms with Crippen LogP contribution in [0.25, 0.3) is 120 Å². The molecule has 0 saturated carbocycles. The first-order chi connectivity index (χ1) is 34.3. The van der Waals surface area contributed by atoms with Crippen molar-refractivity contribution in [1.29, 1.82) is 0 Å². The first kappa shape index (κ1) is 39.2. The molecule has 14 aromatic carbocycles. The molecule has 0 saturated heterocycles. The average molecular weight is 874 g/mol. The van der Waals surface area contributed by atoms with E-state index in [1.54, 1.807) is 0 Å². The normalized spacial score (nSPS) is 11.8. The van der Waals surface area contributed by atoms with E-state index in [9.17, 15) is 0 Å². The molecule has 14 aromatic rings. The van der Waals surface area contributed by atoms with Gasteiger partial charge in [0.25, 0.3) is 0 Å². The molecular weight excluding hydrogens is 831 g/mol. The summed E-state index contributed by atoms with van der Waals surface area (Å²) in [5.41, 5.74) is 13.2. The second kappa shape index (κ2) is 15.8. The van der Waals surface area contributed by atoms with Gasteiger partial charge in [0, 0.05) is 16.8 Å². The minimum atomic E-state index is 1.13. The van der Waals surface area contributed by atoms with E-state index in [1.165, 1.54) is 126 Å². The van der Waals surface area contributed by atoms with E-state index in [2.05, 4.69) is 266 Å². The zero-order valence-corrected chi connectivity index (χ0v) is 37.8. The molecule has 0 fully saturated rings. The quantitative estimate of drug-likeness (QED) is 0.114. The maximum atomic E-state index is 2.47. The van der Waals surface area contributed by atoms with Crippen molar-refractivity contribution >= 4 is 92.5 Å². The Kier molecular flexibility index (Phi) is 8.97. The molecule has 14 rings (SSSR count). The molecule has 0 radical (unpaired) electrons. The number of nitrogens with zero attached hydrogens (tertiary/aromatic N) is 1. The zero-order valence-electron chi connectivity index (χ0n) is 37.8. The molecule has 1 nitrogen and oxygen atoms in total. The predicted octanol–water partition coefficient (Wildman–Crippen LogP) is 19.3. The summed E-state index contributed by atoms with van der Waals surface area (Å²) in [4.78, 5) is 2.39. The third kappa shape index (κ3) is 6.11. The SMILES string of the molecule is c1ccc(-c2cc(-c3ccccc3)c3c4ccccc4c4cc(-c5ccc6c7cccc8c(N(c9ccccc9)c9ccccc9)ccc(c9cccc5c69)c87)ccc4c3c2-c2ccccc2)cc1. The zero-order chi connectivity index (χ0) is 45.4.